The predicted octanol–water partition coefficient (Wildman–Crippen LogP) is 16.9. The largest absolute Gasteiger partial charge is 0.500 e. The summed E-state index contributed by atoms with van der Waals surface area (Å²) in [6.45, 7) is 9.13. The second kappa shape index (κ2) is 18.9. The van der Waals surface area contributed by atoms with E-state index in [-0.39, 0.29) is 31.9 Å². The zero-order valence-corrected chi connectivity index (χ0v) is 40.6. The fourth-order valence-corrected chi connectivity index (χ4v) is 9.20. The molecule has 0 aliphatic carbocycles. The Morgan fingerprint density at radius 1 is 0.544 bits per heavy atom. The Kier molecular flexibility index (Phi) is 12.3. The van der Waals surface area contributed by atoms with Crippen molar-refractivity contribution >= 4 is 43.9 Å². The Balaban J connectivity index is 0.000000361. The van der Waals surface area contributed by atoms with Gasteiger partial charge in [-0.3, -0.25) is 4.98 Å². The molecular formula is C62H47IrN3O2-2. The summed E-state index contributed by atoms with van der Waals surface area (Å²) >= 11 is 0. The number of fused-ring (bicyclic) bond motifs is 6. The van der Waals surface area contributed by atoms with Crippen LogP contribution in [0.3, 0.4) is 0 Å². The van der Waals surface area contributed by atoms with Crippen LogP contribution in [0.1, 0.15) is 50.7 Å². The summed E-state index contributed by atoms with van der Waals surface area (Å²) in [5.41, 5.74) is 16.3. The maximum Gasteiger partial charge on any atom is 0.123 e. The Labute approximate surface area is 410 Å². The van der Waals surface area contributed by atoms with Crippen LogP contribution in [-0.2, 0) is 20.1 Å². The summed E-state index contributed by atoms with van der Waals surface area (Å²) in [6.07, 6.45) is 1.79. The Morgan fingerprint density at radius 3 is 1.82 bits per heavy atom. The molecule has 5 nitrogen and oxygen atoms in total. The van der Waals surface area contributed by atoms with Crippen LogP contribution in [-0.4, -0.2) is 14.5 Å². The van der Waals surface area contributed by atoms with E-state index in [1.54, 1.807) is 6.20 Å². The quantitative estimate of drug-likeness (QED) is 0.142. The van der Waals surface area contributed by atoms with E-state index in [0.717, 1.165) is 89.1 Å². The first-order chi connectivity index (χ1) is 32.9. The van der Waals surface area contributed by atoms with E-state index in [4.69, 9.17) is 13.8 Å². The molecule has 0 N–H and O–H groups in total. The van der Waals surface area contributed by atoms with Gasteiger partial charge in [0, 0.05) is 42.9 Å². The molecule has 0 atom stereocenters. The van der Waals surface area contributed by atoms with Crippen LogP contribution in [0.2, 0.25) is 0 Å². The van der Waals surface area contributed by atoms with Gasteiger partial charge in [0.2, 0.25) is 0 Å². The molecule has 0 bridgehead atoms. The number of aromatic nitrogens is 3. The van der Waals surface area contributed by atoms with Crippen molar-refractivity contribution in [3.63, 3.8) is 0 Å². The third kappa shape index (κ3) is 8.27. The number of rotatable bonds is 8. The van der Waals surface area contributed by atoms with Crippen molar-refractivity contribution in [2.45, 2.75) is 39.5 Å². The summed E-state index contributed by atoms with van der Waals surface area (Å²) in [5, 5.41) is 2.98. The van der Waals surface area contributed by atoms with Crippen LogP contribution < -0.4 is 0 Å². The average Bonchev–Trinajstić information content (AvgIpc) is 4.11. The standard InChI is InChI=1S/C51H39N2O2.C11H8N.Ir/c1-31(2)39-26-37(34-18-10-6-11-19-34)27-40(32(3)4)49(39)53-44-23-15-14-22-43(44)52-51(53)42-30-47-41(29-45(54-47)35-20-12-7-13-21-35)48-38-25-24-36(28-46(38)55-50(42)48)33-16-8-5-9-17-33;1-2-6-10(7-3-1)11-8-4-5-9-12-11;/h5-29,31-32H,1-4H3;1-6,8-9H;/q2*-1;. The van der Waals surface area contributed by atoms with Crippen LogP contribution in [0.25, 0.3) is 106 Å². The van der Waals surface area contributed by atoms with Crippen molar-refractivity contribution in [3.05, 3.63) is 224 Å². The smallest absolute Gasteiger partial charge is 0.123 e. The van der Waals surface area contributed by atoms with E-state index < -0.39 is 0 Å². The van der Waals surface area contributed by atoms with E-state index in [1.807, 2.05) is 66.7 Å². The van der Waals surface area contributed by atoms with Crippen LogP contribution in [0, 0.1) is 12.1 Å². The number of hydrogen-bond acceptors (Lipinski definition) is 4. The molecule has 4 aromatic heterocycles. The van der Waals surface area contributed by atoms with Gasteiger partial charge in [0.05, 0.1) is 28.0 Å². The summed E-state index contributed by atoms with van der Waals surface area (Å²) in [5.74, 6) is 2.02. The molecule has 12 rings (SSSR count). The van der Waals surface area contributed by atoms with E-state index in [1.165, 1.54) is 22.3 Å². The number of furan rings is 2. The minimum absolute atomic E-state index is 0. The van der Waals surface area contributed by atoms with Crippen molar-refractivity contribution in [2.75, 3.05) is 0 Å². The van der Waals surface area contributed by atoms with Crippen molar-refractivity contribution in [1.82, 2.24) is 14.5 Å². The molecule has 0 saturated carbocycles. The average molecular weight is 1060 g/mol. The predicted molar refractivity (Wildman–Crippen MR) is 275 cm³/mol. The number of hydrogen-bond donors (Lipinski definition) is 0. The summed E-state index contributed by atoms with van der Waals surface area (Å²) < 4.78 is 16.1. The molecule has 0 aliphatic rings. The van der Waals surface area contributed by atoms with E-state index in [2.05, 4.69) is 177 Å². The Morgan fingerprint density at radius 2 is 1.18 bits per heavy atom. The minimum Gasteiger partial charge on any atom is -0.500 e. The molecule has 0 amide bonds. The fraction of sp³-hybridized carbons (Fsp3) is 0.0968. The van der Waals surface area contributed by atoms with Gasteiger partial charge in [0.15, 0.2) is 0 Å². The van der Waals surface area contributed by atoms with E-state index >= 15 is 0 Å². The first kappa shape index (κ1) is 44.2. The molecule has 1 radical (unpaired) electrons. The van der Waals surface area contributed by atoms with Crippen molar-refractivity contribution in [3.8, 4) is 61.9 Å². The van der Waals surface area contributed by atoms with Crippen LogP contribution in [0.4, 0.5) is 0 Å². The van der Waals surface area contributed by atoms with Gasteiger partial charge in [-0.05, 0) is 104 Å². The van der Waals surface area contributed by atoms with Gasteiger partial charge in [0.1, 0.15) is 11.3 Å². The number of benzene rings is 8. The topological polar surface area (TPSA) is 57.0 Å². The molecule has 0 aliphatic heterocycles. The second-order valence-electron chi connectivity index (χ2n) is 17.5. The molecule has 333 valence electrons. The fourth-order valence-electron chi connectivity index (χ4n) is 9.20. The molecule has 0 fully saturated rings. The molecule has 0 unspecified atom stereocenters. The van der Waals surface area contributed by atoms with Gasteiger partial charge in [-0.25, -0.2) is 0 Å². The van der Waals surface area contributed by atoms with Crippen molar-refractivity contribution in [1.29, 1.82) is 0 Å². The Bertz CT molecular complexity index is 3600. The molecule has 0 saturated heterocycles. The number of pyridine rings is 1. The summed E-state index contributed by atoms with van der Waals surface area (Å²) in [4.78, 5) is 9.65. The van der Waals surface area contributed by atoms with E-state index in [9.17, 15) is 0 Å². The normalized spacial score (nSPS) is 11.4. The van der Waals surface area contributed by atoms with Gasteiger partial charge in [-0.15, -0.1) is 35.9 Å². The van der Waals surface area contributed by atoms with Gasteiger partial charge in [0.25, 0.3) is 0 Å². The zero-order valence-electron chi connectivity index (χ0n) is 38.2. The number of imidazole rings is 1. The maximum absolute atomic E-state index is 7.02. The minimum atomic E-state index is 0. The van der Waals surface area contributed by atoms with Crippen LogP contribution in [0.5, 0.6) is 0 Å². The third-order valence-electron chi connectivity index (χ3n) is 12.5. The second-order valence-corrected chi connectivity index (χ2v) is 17.5. The van der Waals surface area contributed by atoms with Crippen LogP contribution in [0.15, 0.2) is 209 Å². The van der Waals surface area contributed by atoms with Gasteiger partial charge in [-0.2, -0.15) is 0 Å². The summed E-state index contributed by atoms with van der Waals surface area (Å²) in [6, 6.07) is 73.8. The van der Waals surface area contributed by atoms with Crippen LogP contribution >= 0.6 is 0 Å². The Hall–Kier alpha value is -7.63. The van der Waals surface area contributed by atoms with E-state index in [0.29, 0.717) is 5.58 Å². The molecular weight excluding hydrogens is 1010 g/mol. The first-order valence-electron chi connectivity index (χ1n) is 22.9. The van der Waals surface area contributed by atoms with Gasteiger partial charge < -0.3 is 18.4 Å². The number of nitrogens with zero attached hydrogens (tertiary/aromatic N) is 3. The van der Waals surface area contributed by atoms with Gasteiger partial charge >= 0.3 is 0 Å². The summed E-state index contributed by atoms with van der Waals surface area (Å²) in [7, 11) is 0. The zero-order chi connectivity index (χ0) is 45.4. The van der Waals surface area contributed by atoms with Crippen molar-refractivity contribution in [2.24, 2.45) is 0 Å². The molecule has 12 aromatic rings. The molecule has 0 spiro atoms. The SMILES string of the molecule is CC(C)c1cc(-c2ccccc2)cc(C(C)C)c1-n1c(-c2[c-]c3oc(-c4ccccc4)cc3c3c2oc2cc(-c4ccccc4)ccc23)nc2ccccc21.[Ir].[c-]1ccccc1-c1ccccn1. The first-order valence-corrected chi connectivity index (χ1v) is 22.9. The molecule has 68 heavy (non-hydrogen) atoms. The van der Waals surface area contributed by atoms with Crippen molar-refractivity contribution < 1.29 is 28.9 Å². The molecule has 8 aromatic carbocycles. The number of para-hydroxylation sites is 2. The van der Waals surface area contributed by atoms with Gasteiger partial charge in [-0.1, -0.05) is 167 Å². The molecule has 6 heteroatoms. The monoisotopic (exact) mass is 1060 g/mol. The maximum atomic E-state index is 7.02. The third-order valence-corrected chi connectivity index (χ3v) is 12.5. The molecule has 4 heterocycles.